The number of nitrogens with zero attached hydrogens (tertiary/aromatic N) is 2. The minimum Gasteiger partial charge on any atom is -0.497 e. The first-order valence-electron chi connectivity index (χ1n) is 9.58. The smallest absolute Gasteiger partial charge is 0.144 e. The summed E-state index contributed by atoms with van der Waals surface area (Å²) in [6.07, 6.45) is 3.11. The summed E-state index contributed by atoms with van der Waals surface area (Å²) >= 11 is 6.29. The summed E-state index contributed by atoms with van der Waals surface area (Å²) in [6.45, 7) is 0.890. The predicted octanol–water partition coefficient (Wildman–Crippen LogP) is 4.97. The van der Waals surface area contributed by atoms with Gasteiger partial charge in [0.25, 0.3) is 0 Å². The Morgan fingerprint density at radius 1 is 0.966 bits per heavy atom. The van der Waals surface area contributed by atoms with Gasteiger partial charge < -0.3 is 19.5 Å². The first-order valence-corrected chi connectivity index (χ1v) is 9.96. The summed E-state index contributed by atoms with van der Waals surface area (Å²) < 4.78 is 18.5. The van der Waals surface area contributed by atoms with E-state index in [9.17, 15) is 0 Å². The number of hydrogen-bond acceptors (Lipinski definition) is 5. The summed E-state index contributed by atoms with van der Waals surface area (Å²) in [5.41, 5.74) is 3.77. The number of fused-ring (bicyclic) bond motifs is 1. The Kier molecular flexibility index (Phi) is 5.53. The van der Waals surface area contributed by atoms with Gasteiger partial charge in [0.2, 0.25) is 0 Å². The minimum absolute atomic E-state index is 0.627. The van der Waals surface area contributed by atoms with Gasteiger partial charge in [0.15, 0.2) is 0 Å². The van der Waals surface area contributed by atoms with E-state index < -0.39 is 0 Å². The van der Waals surface area contributed by atoms with Gasteiger partial charge in [-0.3, -0.25) is 0 Å². The standard InChI is InChI=1S/C22H24ClN3O3/c1-27-15-8-9-16(20(13-15)29-3)21-17-6-4-5-11-24-22(17)26(25-21)18-12-14(23)7-10-19(18)28-2/h7-10,12-13,24H,4-6,11H2,1-3H3. The Bertz CT molecular complexity index is 1030. The highest BCUT2D eigenvalue weighted by atomic mass is 35.5. The van der Waals surface area contributed by atoms with E-state index in [0.717, 1.165) is 65.6 Å². The Balaban J connectivity index is 1.95. The molecule has 2 aromatic carbocycles. The van der Waals surface area contributed by atoms with Crippen LogP contribution in [0.4, 0.5) is 5.82 Å². The first-order chi connectivity index (χ1) is 14.2. The molecule has 0 atom stereocenters. The van der Waals surface area contributed by atoms with Crippen molar-refractivity contribution in [2.75, 3.05) is 33.2 Å². The largest absolute Gasteiger partial charge is 0.497 e. The molecule has 29 heavy (non-hydrogen) atoms. The molecule has 0 aliphatic carbocycles. The van der Waals surface area contributed by atoms with Crippen molar-refractivity contribution < 1.29 is 14.2 Å². The van der Waals surface area contributed by atoms with E-state index in [-0.39, 0.29) is 0 Å². The second kappa shape index (κ2) is 8.25. The molecule has 6 nitrogen and oxygen atoms in total. The second-order valence-electron chi connectivity index (χ2n) is 6.85. The van der Waals surface area contributed by atoms with Crippen LogP contribution < -0.4 is 19.5 Å². The van der Waals surface area contributed by atoms with Crippen LogP contribution in [0.1, 0.15) is 18.4 Å². The van der Waals surface area contributed by atoms with Crippen LogP contribution in [0.5, 0.6) is 17.2 Å². The van der Waals surface area contributed by atoms with Crippen LogP contribution in [0.2, 0.25) is 5.02 Å². The van der Waals surface area contributed by atoms with Crippen molar-refractivity contribution in [3.63, 3.8) is 0 Å². The van der Waals surface area contributed by atoms with E-state index in [1.807, 2.05) is 41.1 Å². The molecule has 1 aliphatic rings. The van der Waals surface area contributed by atoms with Crippen LogP contribution in [0.15, 0.2) is 36.4 Å². The number of methoxy groups -OCH3 is 3. The molecule has 0 unspecified atom stereocenters. The number of nitrogens with one attached hydrogen (secondary N) is 1. The lowest BCUT2D eigenvalue weighted by molar-refractivity contribution is 0.395. The molecule has 0 fully saturated rings. The van der Waals surface area contributed by atoms with Gasteiger partial charge in [0.1, 0.15) is 34.4 Å². The van der Waals surface area contributed by atoms with Crippen LogP contribution in [0.25, 0.3) is 16.9 Å². The molecular weight excluding hydrogens is 390 g/mol. The molecule has 0 bridgehead atoms. The highest BCUT2D eigenvalue weighted by Gasteiger charge is 2.25. The molecule has 3 aromatic rings. The molecule has 4 rings (SSSR count). The van der Waals surface area contributed by atoms with E-state index in [2.05, 4.69) is 5.32 Å². The molecule has 7 heteroatoms. The van der Waals surface area contributed by atoms with Gasteiger partial charge in [-0.25, -0.2) is 4.68 Å². The van der Waals surface area contributed by atoms with Gasteiger partial charge in [-0.1, -0.05) is 11.6 Å². The lowest BCUT2D eigenvalue weighted by Gasteiger charge is -2.13. The molecular formula is C22H24ClN3O3. The topological polar surface area (TPSA) is 57.5 Å². The molecule has 0 amide bonds. The number of hydrogen-bond donors (Lipinski definition) is 1. The molecule has 1 N–H and O–H groups in total. The predicted molar refractivity (Wildman–Crippen MR) is 115 cm³/mol. The van der Waals surface area contributed by atoms with Crippen molar-refractivity contribution in [3.05, 3.63) is 47.0 Å². The van der Waals surface area contributed by atoms with Gasteiger partial charge in [-0.15, -0.1) is 0 Å². The van der Waals surface area contributed by atoms with Crippen LogP contribution in [-0.2, 0) is 6.42 Å². The fraction of sp³-hybridized carbons (Fsp3) is 0.318. The van der Waals surface area contributed by atoms with Crippen molar-refractivity contribution in [1.82, 2.24) is 9.78 Å². The number of ether oxygens (including phenoxy) is 3. The number of anilines is 1. The zero-order valence-corrected chi connectivity index (χ0v) is 17.5. The molecule has 0 spiro atoms. The van der Waals surface area contributed by atoms with Gasteiger partial charge in [0.05, 0.1) is 21.3 Å². The minimum atomic E-state index is 0.627. The van der Waals surface area contributed by atoms with Crippen molar-refractivity contribution in [1.29, 1.82) is 0 Å². The average Bonchev–Trinajstić information content (AvgIpc) is 2.93. The number of halogens is 1. The van der Waals surface area contributed by atoms with Crippen LogP contribution in [0.3, 0.4) is 0 Å². The lowest BCUT2D eigenvalue weighted by Crippen LogP contribution is -2.08. The molecule has 2 heterocycles. The molecule has 1 aliphatic heterocycles. The number of benzene rings is 2. The van der Waals surface area contributed by atoms with Crippen molar-refractivity contribution in [3.8, 4) is 34.2 Å². The lowest BCUT2D eigenvalue weighted by atomic mass is 10.0. The second-order valence-corrected chi connectivity index (χ2v) is 7.29. The zero-order valence-electron chi connectivity index (χ0n) is 16.8. The van der Waals surface area contributed by atoms with E-state index >= 15 is 0 Å². The highest BCUT2D eigenvalue weighted by Crippen LogP contribution is 2.40. The van der Waals surface area contributed by atoms with Gasteiger partial charge >= 0.3 is 0 Å². The quantitative estimate of drug-likeness (QED) is 0.640. The molecule has 0 radical (unpaired) electrons. The van der Waals surface area contributed by atoms with Crippen molar-refractivity contribution in [2.24, 2.45) is 0 Å². The Labute approximate surface area is 175 Å². The fourth-order valence-corrected chi connectivity index (χ4v) is 3.88. The SMILES string of the molecule is COc1ccc(-c2nn(-c3cc(Cl)ccc3OC)c3c2CCCCN3)c(OC)c1. The van der Waals surface area contributed by atoms with Gasteiger partial charge in [-0.2, -0.15) is 5.10 Å². The maximum absolute atomic E-state index is 6.29. The summed E-state index contributed by atoms with van der Waals surface area (Å²) in [4.78, 5) is 0. The first kappa shape index (κ1) is 19.5. The third kappa shape index (κ3) is 3.60. The Morgan fingerprint density at radius 3 is 2.55 bits per heavy atom. The summed E-state index contributed by atoms with van der Waals surface area (Å²) in [6, 6.07) is 11.3. The number of aromatic nitrogens is 2. The van der Waals surface area contributed by atoms with E-state index in [1.165, 1.54) is 0 Å². The van der Waals surface area contributed by atoms with Crippen molar-refractivity contribution in [2.45, 2.75) is 19.3 Å². The third-order valence-electron chi connectivity index (χ3n) is 5.16. The van der Waals surface area contributed by atoms with Crippen molar-refractivity contribution >= 4 is 17.4 Å². The van der Waals surface area contributed by atoms with Crippen LogP contribution >= 0.6 is 11.6 Å². The summed E-state index contributed by atoms with van der Waals surface area (Å²) in [5.74, 6) is 3.14. The fourth-order valence-electron chi connectivity index (χ4n) is 3.72. The maximum atomic E-state index is 6.29. The Morgan fingerprint density at radius 2 is 1.79 bits per heavy atom. The van der Waals surface area contributed by atoms with Crippen LogP contribution in [0, 0.1) is 0 Å². The normalized spacial score (nSPS) is 13.2. The maximum Gasteiger partial charge on any atom is 0.144 e. The average molecular weight is 414 g/mol. The van der Waals surface area contributed by atoms with Gasteiger partial charge in [0, 0.05) is 28.8 Å². The summed E-state index contributed by atoms with van der Waals surface area (Å²) in [7, 11) is 4.95. The van der Waals surface area contributed by atoms with E-state index in [4.69, 9.17) is 30.9 Å². The molecule has 0 saturated heterocycles. The van der Waals surface area contributed by atoms with E-state index in [1.54, 1.807) is 21.3 Å². The summed E-state index contributed by atoms with van der Waals surface area (Å²) in [5, 5.41) is 9.16. The van der Waals surface area contributed by atoms with Gasteiger partial charge in [-0.05, 0) is 49.6 Å². The van der Waals surface area contributed by atoms with E-state index in [0.29, 0.717) is 10.8 Å². The third-order valence-corrected chi connectivity index (χ3v) is 5.40. The number of rotatable bonds is 5. The molecule has 1 aromatic heterocycles. The Hall–Kier alpha value is -2.86. The zero-order chi connectivity index (χ0) is 20.4. The molecule has 0 saturated carbocycles. The highest BCUT2D eigenvalue weighted by molar-refractivity contribution is 6.30. The monoisotopic (exact) mass is 413 g/mol. The molecule has 152 valence electrons. The van der Waals surface area contributed by atoms with Crippen LogP contribution in [-0.4, -0.2) is 37.7 Å².